The van der Waals surface area contributed by atoms with Gasteiger partial charge in [-0.25, -0.2) is 9.18 Å². The molecule has 2 rings (SSSR count). The van der Waals surface area contributed by atoms with Crippen molar-refractivity contribution in [2.24, 2.45) is 0 Å². The van der Waals surface area contributed by atoms with E-state index in [1.807, 2.05) is 12.1 Å². The lowest BCUT2D eigenvalue weighted by Crippen LogP contribution is -2.08. The number of ether oxygens (including phenoxy) is 1. The average molecular weight is 275 g/mol. The summed E-state index contributed by atoms with van der Waals surface area (Å²) in [7, 11) is 1.58. The largest absolute Gasteiger partial charge is 0.497 e. The molecule has 0 aliphatic carbocycles. The fourth-order valence-corrected chi connectivity index (χ4v) is 1.83. The van der Waals surface area contributed by atoms with Crippen LogP contribution in [0.25, 0.3) is 0 Å². The van der Waals surface area contributed by atoms with Gasteiger partial charge in [0.1, 0.15) is 17.1 Å². The van der Waals surface area contributed by atoms with Crippen molar-refractivity contribution in [2.45, 2.75) is 6.54 Å². The molecular formula is C15H14FNO3. The molecule has 4 nitrogen and oxygen atoms in total. The highest BCUT2D eigenvalue weighted by atomic mass is 19.1. The minimum atomic E-state index is -1.29. The zero-order valence-corrected chi connectivity index (χ0v) is 10.9. The summed E-state index contributed by atoms with van der Waals surface area (Å²) in [6.07, 6.45) is 0. The van der Waals surface area contributed by atoms with Gasteiger partial charge in [-0.05, 0) is 29.8 Å². The van der Waals surface area contributed by atoms with Crippen LogP contribution in [-0.2, 0) is 6.54 Å². The molecule has 2 N–H and O–H groups in total. The number of carbonyl (C=O) groups is 1. The maximum absolute atomic E-state index is 13.5. The summed E-state index contributed by atoms with van der Waals surface area (Å²) in [5.41, 5.74) is 0.848. The van der Waals surface area contributed by atoms with Crippen LogP contribution in [0.3, 0.4) is 0 Å². The number of methoxy groups -OCH3 is 1. The zero-order valence-electron chi connectivity index (χ0n) is 10.9. The molecule has 0 aliphatic rings. The molecule has 20 heavy (non-hydrogen) atoms. The Morgan fingerprint density at radius 3 is 2.55 bits per heavy atom. The molecule has 5 heteroatoms. The standard InChI is InChI=1S/C15H14FNO3/c1-20-11-7-5-10(6-8-11)9-17-13-4-2-3-12(16)14(13)15(18)19/h2-8,17H,9H2,1H3,(H,18,19). The van der Waals surface area contributed by atoms with Crippen molar-refractivity contribution in [2.75, 3.05) is 12.4 Å². The Morgan fingerprint density at radius 2 is 1.95 bits per heavy atom. The van der Waals surface area contributed by atoms with Gasteiger partial charge in [0.15, 0.2) is 0 Å². The molecule has 0 unspecified atom stereocenters. The number of anilines is 1. The summed E-state index contributed by atoms with van der Waals surface area (Å²) in [4.78, 5) is 11.0. The van der Waals surface area contributed by atoms with Crippen LogP contribution in [0.5, 0.6) is 5.75 Å². The van der Waals surface area contributed by atoms with E-state index in [4.69, 9.17) is 9.84 Å². The van der Waals surface area contributed by atoms with Gasteiger partial charge >= 0.3 is 5.97 Å². The number of benzene rings is 2. The summed E-state index contributed by atoms with van der Waals surface area (Å²) in [5.74, 6) is -1.30. The molecule has 0 amide bonds. The van der Waals surface area contributed by atoms with Crippen molar-refractivity contribution in [1.82, 2.24) is 0 Å². The second kappa shape index (κ2) is 6.06. The molecule has 104 valence electrons. The Morgan fingerprint density at radius 1 is 1.25 bits per heavy atom. The van der Waals surface area contributed by atoms with Crippen molar-refractivity contribution in [3.05, 3.63) is 59.4 Å². The first-order chi connectivity index (χ1) is 9.61. The quantitative estimate of drug-likeness (QED) is 0.880. The van der Waals surface area contributed by atoms with Crippen molar-refractivity contribution in [3.8, 4) is 5.75 Å². The lowest BCUT2D eigenvalue weighted by Gasteiger charge is -2.10. The number of rotatable bonds is 5. The first-order valence-electron chi connectivity index (χ1n) is 6.00. The topological polar surface area (TPSA) is 58.6 Å². The van der Waals surface area contributed by atoms with Crippen LogP contribution in [0.15, 0.2) is 42.5 Å². The molecule has 0 bridgehead atoms. The molecule has 2 aromatic rings. The second-order valence-corrected chi connectivity index (χ2v) is 4.17. The second-order valence-electron chi connectivity index (χ2n) is 4.17. The summed E-state index contributed by atoms with van der Waals surface area (Å²) in [5, 5.41) is 11.9. The van der Waals surface area contributed by atoms with Crippen molar-refractivity contribution < 1.29 is 19.0 Å². The van der Waals surface area contributed by atoms with Crippen LogP contribution in [0, 0.1) is 5.82 Å². The van der Waals surface area contributed by atoms with E-state index in [1.54, 1.807) is 19.2 Å². The maximum Gasteiger partial charge on any atom is 0.340 e. The molecule has 0 aliphatic heterocycles. The number of hydrogen-bond acceptors (Lipinski definition) is 3. The molecular weight excluding hydrogens is 261 g/mol. The van der Waals surface area contributed by atoms with Gasteiger partial charge in [-0.2, -0.15) is 0 Å². The van der Waals surface area contributed by atoms with Crippen LogP contribution in [0.2, 0.25) is 0 Å². The van der Waals surface area contributed by atoms with Gasteiger partial charge in [-0.3, -0.25) is 0 Å². The third kappa shape index (κ3) is 3.06. The van der Waals surface area contributed by atoms with E-state index in [9.17, 15) is 9.18 Å². The van der Waals surface area contributed by atoms with Crippen LogP contribution < -0.4 is 10.1 Å². The highest BCUT2D eigenvalue weighted by Gasteiger charge is 2.15. The van der Waals surface area contributed by atoms with E-state index in [0.29, 0.717) is 6.54 Å². The highest BCUT2D eigenvalue weighted by Crippen LogP contribution is 2.20. The van der Waals surface area contributed by atoms with Gasteiger partial charge < -0.3 is 15.2 Å². The predicted octanol–water partition coefficient (Wildman–Crippen LogP) is 3.14. The highest BCUT2D eigenvalue weighted by molar-refractivity contribution is 5.94. The number of hydrogen-bond donors (Lipinski definition) is 2. The number of aromatic carboxylic acids is 1. The van der Waals surface area contributed by atoms with E-state index in [1.165, 1.54) is 12.1 Å². The normalized spacial score (nSPS) is 10.1. The Balaban J connectivity index is 2.14. The SMILES string of the molecule is COc1ccc(CNc2cccc(F)c2C(=O)O)cc1. The van der Waals surface area contributed by atoms with E-state index in [-0.39, 0.29) is 11.3 Å². The minimum absolute atomic E-state index is 0.258. The lowest BCUT2D eigenvalue weighted by molar-refractivity contribution is 0.0693. The van der Waals surface area contributed by atoms with Crippen LogP contribution in [-0.4, -0.2) is 18.2 Å². The van der Waals surface area contributed by atoms with Crippen LogP contribution >= 0.6 is 0 Å². The summed E-state index contributed by atoms with van der Waals surface area (Å²) in [6, 6.07) is 11.5. The number of halogens is 1. The van der Waals surface area contributed by atoms with Crippen LogP contribution in [0.1, 0.15) is 15.9 Å². The van der Waals surface area contributed by atoms with E-state index < -0.39 is 11.8 Å². The number of nitrogens with one attached hydrogen (secondary N) is 1. The molecule has 0 saturated heterocycles. The van der Waals surface area contributed by atoms with Gasteiger partial charge in [-0.15, -0.1) is 0 Å². The van der Waals surface area contributed by atoms with Gasteiger partial charge in [0.2, 0.25) is 0 Å². The fraction of sp³-hybridized carbons (Fsp3) is 0.133. The Bertz CT molecular complexity index is 611. The van der Waals surface area contributed by atoms with Gasteiger partial charge in [-0.1, -0.05) is 18.2 Å². The minimum Gasteiger partial charge on any atom is -0.497 e. The third-order valence-corrected chi connectivity index (χ3v) is 2.87. The third-order valence-electron chi connectivity index (χ3n) is 2.87. The first kappa shape index (κ1) is 13.9. The summed E-state index contributed by atoms with van der Waals surface area (Å²) >= 11 is 0. The monoisotopic (exact) mass is 275 g/mol. The van der Waals surface area contributed by atoms with E-state index in [0.717, 1.165) is 17.4 Å². The Labute approximate surface area is 115 Å². The van der Waals surface area contributed by atoms with Crippen LogP contribution in [0.4, 0.5) is 10.1 Å². The van der Waals surface area contributed by atoms with E-state index >= 15 is 0 Å². The van der Waals surface area contributed by atoms with Crippen molar-refractivity contribution in [3.63, 3.8) is 0 Å². The molecule has 0 radical (unpaired) electrons. The molecule has 0 spiro atoms. The average Bonchev–Trinajstić information content (AvgIpc) is 2.45. The first-order valence-corrected chi connectivity index (χ1v) is 6.00. The molecule has 0 fully saturated rings. The Hall–Kier alpha value is -2.56. The molecule has 0 aromatic heterocycles. The number of carboxylic acids is 1. The molecule has 2 aromatic carbocycles. The van der Waals surface area contributed by atoms with Gasteiger partial charge in [0, 0.05) is 6.54 Å². The van der Waals surface area contributed by atoms with E-state index in [2.05, 4.69) is 5.32 Å². The molecule has 0 atom stereocenters. The number of carboxylic acid groups (broad SMARTS) is 1. The fourth-order valence-electron chi connectivity index (χ4n) is 1.83. The molecule has 0 saturated carbocycles. The van der Waals surface area contributed by atoms with Crippen molar-refractivity contribution >= 4 is 11.7 Å². The van der Waals surface area contributed by atoms with Gasteiger partial charge in [0.05, 0.1) is 12.8 Å². The predicted molar refractivity (Wildman–Crippen MR) is 73.7 cm³/mol. The summed E-state index contributed by atoms with van der Waals surface area (Å²) in [6.45, 7) is 0.397. The zero-order chi connectivity index (χ0) is 14.5. The lowest BCUT2D eigenvalue weighted by atomic mass is 10.1. The van der Waals surface area contributed by atoms with Crippen molar-refractivity contribution in [1.29, 1.82) is 0 Å². The molecule has 0 heterocycles. The summed E-state index contributed by atoms with van der Waals surface area (Å²) < 4.78 is 18.5. The smallest absolute Gasteiger partial charge is 0.340 e. The maximum atomic E-state index is 13.5. The Kier molecular flexibility index (Phi) is 4.20. The van der Waals surface area contributed by atoms with Gasteiger partial charge in [0.25, 0.3) is 0 Å².